The lowest BCUT2D eigenvalue weighted by atomic mass is 9.90. The van der Waals surface area contributed by atoms with E-state index in [1.807, 2.05) is 6.07 Å². The van der Waals surface area contributed by atoms with E-state index >= 15 is 0 Å². The molecule has 2 aromatic carbocycles. The molecule has 0 aliphatic carbocycles. The zero-order valence-corrected chi connectivity index (χ0v) is 9.05. The lowest BCUT2D eigenvalue weighted by molar-refractivity contribution is 0.0697. The minimum absolute atomic E-state index is 0.261. The molecule has 0 saturated carbocycles. The summed E-state index contributed by atoms with van der Waals surface area (Å²) < 4.78 is 0. The lowest BCUT2D eigenvalue weighted by Crippen LogP contribution is -2.09. The van der Waals surface area contributed by atoms with Crippen LogP contribution in [0.4, 0.5) is 5.69 Å². The Labute approximate surface area is 100 Å². The van der Waals surface area contributed by atoms with Crippen LogP contribution in [0.15, 0.2) is 42.5 Å². The summed E-state index contributed by atoms with van der Waals surface area (Å²) in [4.78, 5) is 10.7. The topological polar surface area (TPSA) is 63.3 Å². The van der Waals surface area contributed by atoms with Crippen molar-refractivity contribution in [3.05, 3.63) is 48.0 Å². The highest BCUT2D eigenvalue weighted by Gasteiger charge is 2.03. The van der Waals surface area contributed by atoms with Crippen LogP contribution >= 0.6 is 0 Å². The molecule has 2 rings (SSSR count). The van der Waals surface area contributed by atoms with Crippen LogP contribution in [0, 0.1) is 0 Å². The number of rotatable bonds is 2. The van der Waals surface area contributed by atoms with Crippen molar-refractivity contribution < 1.29 is 9.90 Å². The van der Waals surface area contributed by atoms with Gasteiger partial charge in [-0.05, 0) is 29.3 Å². The maximum absolute atomic E-state index is 10.7. The van der Waals surface area contributed by atoms with Crippen LogP contribution in [0.5, 0.6) is 0 Å². The van der Waals surface area contributed by atoms with E-state index in [1.165, 1.54) is 0 Å². The first-order chi connectivity index (χ1) is 8.08. The molecule has 0 aromatic heterocycles. The molecule has 0 fully saturated rings. The second-order valence-electron chi connectivity index (χ2n) is 3.73. The minimum Gasteiger partial charge on any atom is -0.478 e. The highest BCUT2D eigenvalue weighted by molar-refractivity contribution is 6.36. The van der Waals surface area contributed by atoms with Crippen molar-refractivity contribution in [1.29, 1.82) is 0 Å². The summed E-state index contributed by atoms with van der Waals surface area (Å²) in [6.07, 6.45) is 0. The van der Waals surface area contributed by atoms with E-state index in [1.54, 1.807) is 36.4 Å². The molecule has 3 nitrogen and oxygen atoms in total. The predicted molar refractivity (Wildman–Crippen MR) is 68.6 cm³/mol. The number of carbonyl (C=O) groups is 1. The molecule has 2 aromatic rings. The van der Waals surface area contributed by atoms with E-state index in [4.69, 9.17) is 18.7 Å². The maximum Gasteiger partial charge on any atom is 0.335 e. The van der Waals surface area contributed by atoms with Crippen molar-refractivity contribution in [2.24, 2.45) is 0 Å². The first-order valence-corrected chi connectivity index (χ1v) is 5.06. The predicted octanol–water partition coefficient (Wildman–Crippen LogP) is 1.43. The number of nitrogens with two attached hydrogens (primary N) is 1. The summed E-state index contributed by atoms with van der Waals surface area (Å²) in [6, 6.07) is 12.0. The highest BCUT2D eigenvalue weighted by Crippen LogP contribution is 2.19. The first kappa shape index (κ1) is 11.3. The van der Waals surface area contributed by atoms with Gasteiger partial charge in [0.1, 0.15) is 7.85 Å². The summed E-state index contributed by atoms with van der Waals surface area (Å²) in [5.74, 6) is -0.937. The molecule has 4 heteroatoms. The molecule has 0 bridgehead atoms. The van der Waals surface area contributed by atoms with Crippen molar-refractivity contribution in [2.45, 2.75) is 0 Å². The van der Waals surface area contributed by atoms with Gasteiger partial charge in [-0.2, -0.15) is 0 Å². The average Bonchev–Trinajstić information content (AvgIpc) is 2.33. The highest BCUT2D eigenvalue weighted by atomic mass is 16.4. The van der Waals surface area contributed by atoms with E-state index < -0.39 is 5.97 Å². The Morgan fingerprint density at radius 2 is 1.65 bits per heavy atom. The van der Waals surface area contributed by atoms with E-state index in [0.29, 0.717) is 11.2 Å². The summed E-state index contributed by atoms with van der Waals surface area (Å²) in [7, 11) is 5.72. The number of aromatic carboxylic acids is 1. The van der Waals surface area contributed by atoms with Gasteiger partial charge < -0.3 is 10.8 Å². The second-order valence-corrected chi connectivity index (χ2v) is 3.73. The molecule has 17 heavy (non-hydrogen) atoms. The molecule has 0 amide bonds. The third-order valence-electron chi connectivity index (χ3n) is 2.55. The number of hydrogen-bond donors (Lipinski definition) is 2. The smallest absolute Gasteiger partial charge is 0.335 e. The van der Waals surface area contributed by atoms with Crippen molar-refractivity contribution in [3.8, 4) is 11.1 Å². The third-order valence-corrected chi connectivity index (χ3v) is 2.55. The molecule has 0 atom stereocenters. The standard InChI is InChI=1S/C13H10BNO2/c14-11-7-10(5-6-12(11)15)8-1-3-9(4-2-8)13(16)17/h1-7H,15H2,(H,16,17). The minimum atomic E-state index is -0.937. The van der Waals surface area contributed by atoms with Crippen LogP contribution in [0.3, 0.4) is 0 Å². The zero-order valence-electron chi connectivity index (χ0n) is 9.05. The monoisotopic (exact) mass is 223 g/mol. The SMILES string of the molecule is [B]c1cc(-c2ccc(C(=O)O)cc2)ccc1N. The third kappa shape index (κ3) is 2.31. The molecule has 0 saturated heterocycles. The van der Waals surface area contributed by atoms with Gasteiger partial charge in [-0.15, -0.1) is 0 Å². The van der Waals surface area contributed by atoms with Crippen molar-refractivity contribution in [1.82, 2.24) is 0 Å². The molecule has 0 heterocycles. The Morgan fingerprint density at radius 1 is 1.06 bits per heavy atom. The number of benzene rings is 2. The number of carboxylic acids is 1. The van der Waals surface area contributed by atoms with Crippen molar-refractivity contribution >= 4 is 25.0 Å². The number of anilines is 1. The fourth-order valence-electron chi connectivity index (χ4n) is 1.56. The Balaban J connectivity index is 2.39. The fourth-order valence-corrected chi connectivity index (χ4v) is 1.56. The number of nitrogen functional groups attached to an aromatic ring is 1. The summed E-state index contributed by atoms with van der Waals surface area (Å²) in [6.45, 7) is 0. The van der Waals surface area contributed by atoms with Gasteiger partial charge in [0.2, 0.25) is 0 Å². The Bertz CT molecular complexity index is 564. The molecule has 2 radical (unpaired) electrons. The Kier molecular flexibility index (Phi) is 2.87. The quantitative estimate of drug-likeness (QED) is 0.597. The first-order valence-electron chi connectivity index (χ1n) is 5.06. The largest absolute Gasteiger partial charge is 0.478 e. The molecule has 0 aliphatic rings. The van der Waals surface area contributed by atoms with Crippen LogP contribution < -0.4 is 11.2 Å². The van der Waals surface area contributed by atoms with Gasteiger partial charge in [0.05, 0.1) is 5.56 Å². The number of carboxylic acid groups (broad SMARTS) is 1. The van der Waals surface area contributed by atoms with Crippen LogP contribution in [0.2, 0.25) is 0 Å². The van der Waals surface area contributed by atoms with E-state index in [9.17, 15) is 4.79 Å². The van der Waals surface area contributed by atoms with Gasteiger partial charge in [0, 0.05) is 5.69 Å². The zero-order chi connectivity index (χ0) is 12.4. The molecule has 82 valence electrons. The number of hydrogen-bond acceptors (Lipinski definition) is 2. The van der Waals surface area contributed by atoms with E-state index in [0.717, 1.165) is 11.1 Å². The summed E-state index contributed by atoms with van der Waals surface area (Å²) >= 11 is 0. The summed E-state index contributed by atoms with van der Waals surface area (Å²) in [5, 5.41) is 8.79. The average molecular weight is 223 g/mol. The van der Waals surface area contributed by atoms with Crippen molar-refractivity contribution in [3.63, 3.8) is 0 Å². The molecule has 0 unspecified atom stereocenters. The fraction of sp³-hybridized carbons (Fsp3) is 0. The maximum atomic E-state index is 10.7. The van der Waals surface area contributed by atoms with Gasteiger partial charge in [0.15, 0.2) is 0 Å². The van der Waals surface area contributed by atoms with E-state index in [2.05, 4.69) is 0 Å². The van der Waals surface area contributed by atoms with Crippen LogP contribution in [0.25, 0.3) is 11.1 Å². The molecule has 0 aliphatic heterocycles. The summed E-state index contributed by atoms with van der Waals surface area (Å²) in [5.41, 5.74) is 8.76. The van der Waals surface area contributed by atoms with Crippen LogP contribution in [-0.4, -0.2) is 18.9 Å². The van der Waals surface area contributed by atoms with Gasteiger partial charge in [-0.25, -0.2) is 4.79 Å². The molecule has 0 spiro atoms. The van der Waals surface area contributed by atoms with Crippen LogP contribution in [0.1, 0.15) is 10.4 Å². The Morgan fingerprint density at radius 3 is 2.18 bits per heavy atom. The molecular weight excluding hydrogens is 213 g/mol. The van der Waals surface area contributed by atoms with Gasteiger partial charge in [-0.3, -0.25) is 0 Å². The second kappa shape index (κ2) is 4.33. The normalized spacial score (nSPS) is 10.1. The van der Waals surface area contributed by atoms with Gasteiger partial charge in [-0.1, -0.05) is 29.7 Å². The van der Waals surface area contributed by atoms with Gasteiger partial charge >= 0.3 is 5.97 Å². The lowest BCUT2D eigenvalue weighted by Gasteiger charge is -2.06. The van der Waals surface area contributed by atoms with Crippen molar-refractivity contribution in [2.75, 3.05) is 5.73 Å². The molecular formula is C13H10BNO2. The van der Waals surface area contributed by atoms with E-state index in [-0.39, 0.29) is 5.56 Å². The Hall–Kier alpha value is -2.23. The van der Waals surface area contributed by atoms with Gasteiger partial charge in [0.25, 0.3) is 0 Å². The molecule has 3 N–H and O–H groups in total. The van der Waals surface area contributed by atoms with Crippen LogP contribution in [-0.2, 0) is 0 Å².